The van der Waals surface area contributed by atoms with Crippen LogP contribution in [0.25, 0.3) is 0 Å². The standard InChI is InChI=1S/C29H37N3O7/c1-20(2)16-31(27(34)26-18-32(29(36)39-26)22-11-7-4-8-12-22)17-25(33)24(15-21-9-5-3-6-10-21)30-28(35)38-23-13-14-37-19-23/h3-12,20,23-26,33H,13-19H2,1-2H3,(H,30,35)/t23-,24-,25-,26+/m0/s1. The lowest BCUT2D eigenvalue weighted by Crippen LogP contribution is -2.53. The number of hydrogen-bond acceptors (Lipinski definition) is 7. The van der Waals surface area contributed by atoms with Crippen molar-refractivity contribution in [1.82, 2.24) is 10.2 Å². The van der Waals surface area contributed by atoms with Crippen molar-refractivity contribution >= 4 is 23.8 Å². The highest BCUT2D eigenvalue weighted by Crippen LogP contribution is 2.23. The molecule has 2 fully saturated rings. The molecule has 2 aromatic rings. The molecule has 0 radical (unpaired) electrons. The van der Waals surface area contributed by atoms with Crippen molar-refractivity contribution in [1.29, 1.82) is 0 Å². The third-order valence-electron chi connectivity index (χ3n) is 6.69. The highest BCUT2D eigenvalue weighted by molar-refractivity contribution is 5.95. The number of alkyl carbamates (subject to hydrolysis) is 1. The van der Waals surface area contributed by atoms with Gasteiger partial charge in [-0.1, -0.05) is 62.4 Å². The SMILES string of the molecule is CC(C)CN(C[C@H](O)[C@H](Cc1ccccc1)NC(=O)O[C@H]1CCOC1)C(=O)[C@H]1CN(c2ccccc2)C(=O)O1. The summed E-state index contributed by atoms with van der Waals surface area (Å²) < 4.78 is 16.2. The number of aliphatic hydroxyl groups is 1. The molecule has 2 N–H and O–H groups in total. The van der Waals surface area contributed by atoms with Gasteiger partial charge in [-0.15, -0.1) is 0 Å². The number of anilines is 1. The Labute approximate surface area is 228 Å². The lowest BCUT2D eigenvalue weighted by molar-refractivity contribution is -0.140. The van der Waals surface area contributed by atoms with Crippen LogP contribution in [0.5, 0.6) is 0 Å². The van der Waals surface area contributed by atoms with Crippen LogP contribution in [0.4, 0.5) is 15.3 Å². The van der Waals surface area contributed by atoms with Crippen LogP contribution in [0.2, 0.25) is 0 Å². The Morgan fingerprint density at radius 3 is 2.44 bits per heavy atom. The minimum absolute atomic E-state index is 0.0548. The van der Waals surface area contributed by atoms with Gasteiger partial charge in [0, 0.05) is 25.2 Å². The third kappa shape index (κ3) is 7.93. The van der Waals surface area contributed by atoms with E-state index in [0.29, 0.717) is 38.3 Å². The van der Waals surface area contributed by atoms with Gasteiger partial charge in [-0.3, -0.25) is 9.69 Å². The second-order valence-corrected chi connectivity index (χ2v) is 10.4. The van der Waals surface area contributed by atoms with E-state index in [1.807, 2.05) is 62.4 Å². The molecule has 0 aliphatic carbocycles. The zero-order valence-corrected chi connectivity index (χ0v) is 22.4. The molecule has 2 saturated heterocycles. The molecular weight excluding hydrogens is 502 g/mol. The van der Waals surface area contributed by atoms with Crippen LogP contribution in [0.15, 0.2) is 60.7 Å². The molecule has 4 rings (SSSR count). The molecule has 0 saturated carbocycles. The third-order valence-corrected chi connectivity index (χ3v) is 6.69. The number of carbonyl (C=O) groups is 3. The summed E-state index contributed by atoms with van der Waals surface area (Å²) in [6, 6.07) is 17.8. The Morgan fingerprint density at radius 1 is 1.10 bits per heavy atom. The van der Waals surface area contributed by atoms with Gasteiger partial charge < -0.3 is 29.5 Å². The fraction of sp³-hybridized carbons (Fsp3) is 0.483. The molecule has 4 atom stereocenters. The fourth-order valence-electron chi connectivity index (χ4n) is 4.76. The minimum Gasteiger partial charge on any atom is -0.444 e. The summed E-state index contributed by atoms with van der Waals surface area (Å²) in [5, 5.41) is 14.1. The van der Waals surface area contributed by atoms with Crippen LogP contribution >= 0.6 is 0 Å². The van der Waals surface area contributed by atoms with E-state index in [-0.39, 0.29) is 25.1 Å². The van der Waals surface area contributed by atoms with Crippen LogP contribution in [0, 0.1) is 5.92 Å². The molecular formula is C29H37N3O7. The van der Waals surface area contributed by atoms with Gasteiger partial charge in [-0.25, -0.2) is 9.59 Å². The topological polar surface area (TPSA) is 118 Å². The molecule has 2 aliphatic rings. The summed E-state index contributed by atoms with van der Waals surface area (Å²) in [7, 11) is 0. The monoisotopic (exact) mass is 539 g/mol. The van der Waals surface area contributed by atoms with E-state index < -0.39 is 36.3 Å². The number of ether oxygens (including phenoxy) is 3. The first-order chi connectivity index (χ1) is 18.8. The predicted molar refractivity (Wildman–Crippen MR) is 144 cm³/mol. The second-order valence-electron chi connectivity index (χ2n) is 10.4. The Morgan fingerprint density at radius 2 is 1.79 bits per heavy atom. The lowest BCUT2D eigenvalue weighted by atomic mass is 10.0. The first-order valence-corrected chi connectivity index (χ1v) is 13.4. The van der Waals surface area contributed by atoms with E-state index in [9.17, 15) is 19.5 Å². The first kappa shape index (κ1) is 28.4. The quantitative estimate of drug-likeness (QED) is 0.451. The first-order valence-electron chi connectivity index (χ1n) is 13.4. The van der Waals surface area contributed by atoms with Crippen LogP contribution in [-0.2, 0) is 25.4 Å². The molecule has 2 heterocycles. The molecule has 0 unspecified atom stereocenters. The van der Waals surface area contributed by atoms with Gasteiger partial charge in [0.15, 0.2) is 6.10 Å². The molecule has 39 heavy (non-hydrogen) atoms. The van der Waals surface area contributed by atoms with E-state index in [1.165, 1.54) is 9.80 Å². The van der Waals surface area contributed by atoms with Crippen molar-refractivity contribution in [2.45, 2.75) is 51.0 Å². The lowest BCUT2D eigenvalue weighted by Gasteiger charge is -2.32. The van der Waals surface area contributed by atoms with Gasteiger partial charge in [0.25, 0.3) is 5.91 Å². The molecule has 3 amide bonds. The number of nitrogens with one attached hydrogen (secondary N) is 1. The zero-order valence-electron chi connectivity index (χ0n) is 22.4. The Balaban J connectivity index is 1.46. The second kappa shape index (κ2) is 13.4. The Hall–Kier alpha value is -3.63. The maximum Gasteiger partial charge on any atom is 0.415 e. The Bertz CT molecular complexity index is 1090. The van der Waals surface area contributed by atoms with Crippen molar-refractivity contribution in [2.24, 2.45) is 5.92 Å². The highest BCUT2D eigenvalue weighted by Gasteiger charge is 2.40. The maximum absolute atomic E-state index is 13.6. The van der Waals surface area contributed by atoms with Crippen LogP contribution in [-0.4, -0.2) is 85.3 Å². The Kier molecular flexibility index (Phi) is 9.78. The van der Waals surface area contributed by atoms with Crippen LogP contribution < -0.4 is 10.2 Å². The number of nitrogens with zero attached hydrogens (tertiary/aromatic N) is 2. The van der Waals surface area contributed by atoms with Gasteiger partial charge in [0.2, 0.25) is 0 Å². The summed E-state index contributed by atoms with van der Waals surface area (Å²) in [5.41, 5.74) is 1.56. The van der Waals surface area contributed by atoms with Crippen molar-refractivity contribution in [3.63, 3.8) is 0 Å². The normalized spacial score (nSPS) is 20.4. The van der Waals surface area contributed by atoms with Gasteiger partial charge in [0.1, 0.15) is 6.10 Å². The number of benzene rings is 2. The van der Waals surface area contributed by atoms with E-state index in [1.54, 1.807) is 12.1 Å². The largest absolute Gasteiger partial charge is 0.444 e. The predicted octanol–water partition coefficient (Wildman–Crippen LogP) is 2.98. The average molecular weight is 540 g/mol. The number of cyclic esters (lactones) is 1. The molecule has 210 valence electrons. The number of hydrogen-bond donors (Lipinski definition) is 2. The molecule has 10 heteroatoms. The molecule has 10 nitrogen and oxygen atoms in total. The van der Waals surface area contributed by atoms with E-state index >= 15 is 0 Å². The number of aliphatic hydroxyl groups excluding tert-OH is 1. The van der Waals surface area contributed by atoms with Crippen LogP contribution in [0.3, 0.4) is 0 Å². The van der Waals surface area contributed by atoms with E-state index in [0.717, 1.165) is 5.56 Å². The van der Waals surface area contributed by atoms with Gasteiger partial charge in [-0.05, 0) is 30.0 Å². The van der Waals surface area contributed by atoms with Gasteiger partial charge in [0.05, 0.1) is 31.9 Å². The number of carbonyl (C=O) groups excluding carboxylic acids is 3. The number of para-hydroxylation sites is 1. The van der Waals surface area contributed by atoms with Crippen molar-refractivity contribution in [3.8, 4) is 0 Å². The maximum atomic E-state index is 13.6. The minimum atomic E-state index is -1.11. The number of rotatable bonds is 11. The molecule has 0 aromatic heterocycles. The zero-order chi connectivity index (χ0) is 27.8. The van der Waals surface area contributed by atoms with E-state index in [2.05, 4.69) is 5.32 Å². The molecule has 0 spiro atoms. The molecule has 2 aromatic carbocycles. The van der Waals surface area contributed by atoms with Crippen molar-refractivity contribution in [2.75, 3.05) is 37.7 Å². The van der Waals surface area contributed by atoms with Crippen LogP contribution in [0.1, 0.15) is 25.8 Å². The molecule has 2 aliphatic heterocycles. The molecule has 0 bridgehead atoms. The van der Waals surface area contributed by atoms with Gasteiger partial charge in [-0.2, -0.15) is 0 Å². The summed E-state index contributed by atoms with van der Waals surface area (Å²) in [5.74, 6) is -0.296. The van der Waals surface area contributed by atoms with Gasteiger partial charge >= 0.3 is 12.2 Å². The number of amides is 3. The summed E-state index contributed by atoms with van der Waals surface area (Å²) in [6.45, 7) is 5.17. The average Bonchev–Trinajstić information content (AvgIpc) is 3.57. The van der Waals surface area contributed by atoms with Crippen molar-refractivity contribution in [3.05, 3.63) is 66.2 Å². The van der Waals surface area contributed by atoms with E-state index in [4.69, 9.17) is 14.2 Å². The highest BCUT2D eigenvalue weighted by atomic mass is 16.6. The summed E-state index contributed by atoms with van der Waals surface area (Å²) >= 11 is 0. The smallest absolute Gasteiger partial charge is 0.415 e. The summed E-state index contributed by atoms with van der Waals surface area (Å²) in [4.78, 5) is 41.7. The van der Waals surface area contributed by atoms with Crippen molar-refractivity contribution < 1.29 is 33.7 Å². The fourth-order valence-corrected chi connectivity index (χ4v) is 4.76. The summed E-state index contributed by atoms with van der Waals surface area (Å²) in [6.07, 6.45) is -2.72.